The minimum atomic E-state index is -0.329. The third-order valence-corrected chi connectivity index (χ3v) is 2.32. The Morgan fingerprint density at radius 3 is 2.38 bits per heavy atom. The molecule has 0 fully saturated rings. The molecular weight excluding hydrogens is 202 g/mol. The molecular formula is C13H21NO2. The van der Waals surface area contributed by atoms with Crippen LogP contribution < -0.4 is 10.1 Å². The molecule has 1 rings (SSSR count). The number of hydrogen-bond acceptors (Lipinski definition) is 3. The van der Waals surface area contributed by atoms with Crippen molar-refractivity contribution >= 4 is 0 Å². The quantitative estimate of drug-likeness (QED) is 0.751. The van der Waals surface area contributed by atoms with Crippen LogP contribution in [0.25, 0.3) is 0 Å². The van der Waals surface area contributed by atoms with Crippen molar-refractivity contribution in [3.63, 3.8) is 0 Å². The van der Waals surface area contributed by atoms with Gasteiger partial charge in [-0.05, 0) is 39.8 Å². The Labute approximate surface area is 97.4 Å². The summed E-state index contributed by atoms with van der Waals surface area (Å²) in [6.07, 6.45) is -0.134. The van der Waals surface area contributed by atoms with Gasteiger partial charge in [-0.3, -0.25) is 5.32 Å². The lowest BCUT2D eigenvalue weighted by Crippen LogP contribution is -2.49. The van der Waals surface area contributed by atoms with Gasteiger partial charge in [0.05, 0.1) is 6.61 Å². The highest BCUT2D eigenvalue weighted by atomic mass is 16.5. The van der Waals surface area contributed by atoms with Gasteiger partial charge in [0, 0.05) is 5.54 Å². The van der Waals surface area contributed by atoms with Gasteiger partial charge in [-0.25, -0.2) is 0 Å². The van der Waals surface area contributed by atoms with E-state index in [1.807, 2.05) is 52.0 Å². The summed E-state index contributed by atoms with van der Waals surface area (Å²) in [4.78, 5) is 0. The number of benzene rings is 1. The average molecular weight is 223 g/mol. The van der Waals surface area contributed by atoms with Crippen LogP contribution in [0, 0.1) is 6.92 Å². The van der Waals surface area contributed by atoms with Crippen molar-refractivity contribution in [3.05, 3.63) is 29.8 Å². The number of aliphatic hydroxyl groups excluding tert-OH is 1. The molecule has 1 aromatic carbocycles. The van der Waals surface area contributed by atoms with Gasteiger partial charge in [0.15, 0.2) is 0 Å². The Morgan fingerprint density at radius 2 is 1.88 bits per heavy atom. The molecule has 90 valence electrons. The molecule has 0 spiro atoms. The van der Waals surface area contributed by atoms with Crippen molar-refractivity contribution in [3.8, 4) is 5.75 Å². The van der Waals surface area contributed by atoms with Crippen molar-refractivity contribution in [1.29, 1.82) is 0 Å². The molecule has 0 heterocycles. The van der Waals surface area contributed by atoms with Crippen LogP contribution in [-0.4, -0.2) is 23.5 Å². The first-order valence-electron chi connectivity index (χ1n) is 5.55. The average Bonchev–Trinajstić information content (AvgIpc) is 2.21. The highest BCUT2D eigenvalue weighted by Gasteiger charge is 2.19. The molecule has 0 aromatic heterocycles. The van der Waals surface area contributed by atoms with E-state index >= 15 is 0 Å². The highest BCUT2D eigenvalue weighted by molar-refractivity contribution is 5.26. The van der Waals surface area contributed by atoms with Crippen molar-refractivity contribution < 1.29 is 9.84 Å². The van der Waals surface area contributed by atoms with Gasteiger partial charge >= 0.3 is 0 Å². The standard InChI is InChI=1S/C13H21NO2/c1-10-5-7-12(8-6-10)16-11(2)14-13(3,4)9-15/h5-8,11,14-15H,9H2,1-4H3. The van der Waals surface area contributed by atoms with Crippen LogP contribution in [0.15, 0.2) is 24.3 Å². The minimum Gasteiger partial charge on any atom is -0.476 e. The fourth-order valence-corrected chi connectivity index (χ4v) is 1.45. The SMILES string of the molecule is Cc1ccc(OC(C)NC(C)(C)CO)cc1. The molecule has 1 aromatic rings. The predicted octanol–water partition coefficient (Wildman–Crippen LogP) is 2.08. The van der Waals surface area contributed by atoms with Gasteiger partial charge in [0.25, 0.3) is 0 Å². The molecule has 0 saturated heterocycles. The second-order valence-electron chi connectivity index (χ2n) is 4.76. The largest absolute Gasteiger partial charge is 0.476 e. The van der Waals surface area contributed by atoms with Crippen LogP contribution >= 0.6 is 0 Å². The van der Waals surface area contributed by atoms with Crippen LogP contribution in [0.3, 0.4) is 0 Å². The number of rotatable bonds is 5. The Hall–Kier alpha value is -1.06. The van der Waals surface area contributed by atoms with Crippen molar-refractivity contribution in [2.75, 3.05) is 6.61 Å². The molecule has 0 radical (unpaired) electrons. The first kappa shape index (κ1) is 13.0. The summed E-state index contributed by atoms with van der Waals surface area (Å²) in [5, 5.41) is 12.3. The summed E-state index contributed by atoms with van der Waals surface area (Å²) < 4.78 is 5.68. The molecule has 0 bridgehead atoms. The maximum atomic E-state index is 9.13. The van der Waals surface area contributed by atoms with Gasteiger partial charge in [0.2, 0.25) is 0 Å². The smallest absolute Gasteiger partial charge is 0.147 e. The first-order chi connectivity index (χ1) is 7.43. The van der Waals surface area contributed by atoms with E-state index in [1.165, 1.54) is 5.56 Å². The van der Waals surface area contributed by atoms with Gasteiger partial charge < -0.3 is 9.84 Å². The molecule has 2 N–H and O–H groups in total. The highest BCUT2D eigenvalue weighted by Crippen LogP contribution is 2.13. The van der Waals surface area contributed by atoms with Crippen LogP contribution in [0.5, 0.6) is 5.75 Å². The first-order valence-corrected chi connectivity index (χ1v) is 5.55. The lowest BCUT2D eigenvalue weighted by atomic mass is 10.1. The summed E-state index contributed by atoms with van der Waals surface area (Å²) >= 11 is 0. The molecule has 0 aliphatic rings. The lowest BCUT2D eigenvalue weighted by Gasteiger charge is -2.28. The topological polar surface area (TPSA) is 41.5 Å². The fourth-order valence-electron chi connectivity index (χ4n) is 1.45. The van der Waals surface area contributed by atoms with Gasteiger partial charge in [-0.15, -0.1) is 0 Å². The van der Waals surface area contributed by atoms with E-state index in [1.54, 1.807) is 0 Å². The zero-order valence-electron chi connectivity index (χ0n) is 10.4. The zero-order valence-corrected chi connectivity index (χ0v) is 10.4. The summed E-state index contributed by atoms with van der Waals surface area (Å²) in [5.41, 5.74) is 0.882. The number of nitrogens with one attached hydrogen (secondary N) is 1. The van der Waals surface area contributed by atoms with E-state index in [-0.39, 0.29) is 18.4 Å². The van der Waals surface area contributed by atoms with Crippen molar-refractivity contribution in [2.45, 2.75) is 39.5 Å². The molecule has 1 unspecified atom stereocenters. The number of hydrogen-bond donors (Lipinski definition) is 2. The molecule has 16 heavy (non-hydrogen) atoms. The molecule has 3 nitrogen and oxygen atoms in total. The molecule has 3 heteroatoms. The normalized spacial score (nSPS) is 13.6. The van der Waals surface area contributed by atoms with E-state index in [2.05, 4.69) is 5.32 Å². The Balaban J connectivity index is 2.51. The summed E-state index contributed by atoms with van der Waals surface area (Å²) in [5.74, 6) is 0.833. The van der Waals surface area contributed by atoms with Gasteiger partial charge in [-0.1, -0.05) is 17.7 Å². The van der Waals surface area contributed by atoms with E-state index in [0.29, 0.717) is 0 Å². The molecule has 0 aliphatic carbocycles. The molecule has 0 saturated carbocycles. The number of aliphatic hydroxyl groups is 1. The Morgan fingerprint density at radius 1 is 1.31 bits per heavy atom. The van der Waals surface area contributed by atoms with E-state index in [9.17, 15) is 0 Å². The Kier molecular flexibility index (Phi) is 4.33. The Bertz CT molecular complexity index is 319. The van der Waals surface area contributed by atoms with Crippen LogP contribution in [-0.2, 0) is 0 Å². The maximum Gasteiger partial charge on any atom is 0.147 e. The minimum absolute atomic E-state index is 0.0780. The number of aryl methyl sites for hydroxylation is 1. The molecule has 0 amide bonds. The van der Waals surface area contributed by atoms with E-state index in [0.717, 1.165) is 5.75 Å². The monoisotopic (exact) mass is 223 g/mol. The fraction of sp³-hybridized carbons (Fsp3) is 0.538. The molecule has 0 aliphatic heterocycles. The second kappa shape index (κ2) is 5.32. The third kappa shape index (κ3) is 4.21. The van der Waals surface area contributed by atoms with Crippen LogP contribution in [0.1, 0.15) is 26.3 Å². The molecule has 1 atom stereocenters. The number of ether oxygens (including phenoxy) is 1. The van der Waals surface area contributed by atoms with Crippen LogP contribution in [0.2, 0.25) is 0 Å². The van der Waals surface area contributed by atoms with Crippen molar-refractivity contribution in [2.24, 2.45) is 0 Å². The third-order valence-electron chi connectivity index (χ3n) is 2.32. The van der Waals surface area contributed by atoms with Gasteiger partial charge in [-0.2, -0.15) is 0 Å². The van der Waals surface area contributed by atoms with Gasteiger partial charge in [0.1, 0.15) is 12.0 Å². The predicted molar refractivity (Wildman–Crippen MR) is 65.6 cm³/mol. The zero-order chi connectivity index (χ0) is 12.2. The van der Waals surface area contributed by atoms with E-state index < -0.39 is 0 Å². The van der Waals surface area contributed by atoms with E-state index in [4.69, 9.17) is 9.84 Å². The second-order valence-corrected chi connectivity index (χ2v) is 4.76. The summed E-state index contributed by atoms with van der Waals surface area (Å²) in [6, 6.07) is 7.91. The van der Waals surface area contributed by atoms with Crippen LogP contribution in [0.4, 0.5) is 0 Å². The maximum absolute atomic E-state index is 9.13. The van der Waals surface area contributed by atoms with Crippen molar-refractivity contribution in [1.82, 2.24) is 5.32 Å². The summed E-state index contributed by atoms with van der Waals surface area (Å²) in [7, 11) is 0. The lowest BCUT2D eigenvalue weighted by molar-refractivity contribution is 0.103. The summed E-state index contributed by atoms with van der Waals surface area (Å²) in [6.45, 7) is 7.91.